The minimum absolute atomic E-state index is 0.182. The minimum Gasteiger partial charge on any atom is -0.480 e. The van der Waals surface area contributed by atoms with Gasteiger partial charge in [0, 0.05) is 42.7 Å². The number of carbonyl (C=O) groups is 2. The number of carbonyl (C=O) groups excluding carboxylic acids is 1. The summed E-state index contributed by atoms with van der Waals surface area (Å²) < 4.78 is 24.1. The van der Waals surface area contributed by atoms with Crippen LogP contribution in [-0.4, -0.2) is 87.4 Å². The number of rotatable bonds is 15. The number of pyridine rings is 1. The zero-order chi connectivity index (χ0) is 35.6. The molecule has 0 aromatic carbocycles. The molecule has 18 nitrogen and oxygen atoms in total. The zero-order valence-electron chi connectivity index (χ0n) is 26.8. The summed E-state index contributed by atoms with van der Waals surface area (Å²) in [5.74, 6) is -0.861. The first-order chi connectivity index (χ1) is 23.3. The Morgan fingerprint density at radius 1 is 1.27 bits per heavy atom. The Hall–Kier alpha value is -4.36. The number of nitrogens with zero attached hydrogens (tertiary/aromatic N) is 7. The molecule has 1 atom stereocenters. The molecule has 4 heterocycles. The average Bonchev–Trinajstić information content (AvgIpc) is 3.80. The third-order valence-electron chi connectivity index (χ3n) is 7.06. The van der Waals surface area contributed by atoms with Crippen LogP contribution < -0.4 is 16.8 Å². The van der Waals surface area contributed by atoms with Crippen molar-refractivity contribution in [2.45, 2.75) is 64.4 Å². The van der Waals surface area contributed by atoms with Crippen LogP contribution in [0.5, 0.6) is 0 Å². The fraction of sp³-hybridized carbons (Fsp3) is 0.414. The number of aliphatic carboxylic acids is 1. The van der Waals surface area contributed by atoms with E-state index in [4.69, 9.17) is 36.2 Å². The molecule has 4 aromatic heterocycles. The second kappa shape index (κ2) is 17.3. The molecular formula is C29H39N10O8PS. The van der Waals surface area contributed by atoms with Gasteiger partial charge < -0.3 is 36.4 Å². The van der Waals surface area contributed by atoms with Crippen LogP contribution in [0.1, 0.15) is 56.1 Å². The number of aliphatic imine (C=N–C) groups is 1. The van der Waals surface area contributed by atoms with Gasteiger partial charge in [0.25, 0.3) is 5.91 Å². The molecule has 1 aliphatic carbocycles. The van der Waals surface area contributed by atoms with Gasteiger partial charge in [0.05, 0.1) is 35.6 Å². The number of hydrogen-bond donors (Lipinski definition) is 6. The summed E-state index contributed by atoms with van der Waals surface area (Å²) in [6.07, 6.45) is 9.50. The third-order valence-corrected chi connectivity index (χ3v) is 8.40. The molecule has 8 N–H and O–H groups in total. The van der Waals surface area contributed by atoms with Crippen LogP contribution in [-0.2, 0) is 25.4 Å². The van der Waals surface area contributed by atoms with E-state index in [2.05, 4.69) is 29.9 Å². The molecule has 49 heavy (non-hydrogen) atoms. The van der Waals surface area contributed by atoms with Gasteiger partial charge in [0.1, 0.15) is 22.4 Å². The van der Waals surface area contributed by atoms with Crippen molar-refractivity contribution in [2.24, 2.45) is 16.5 Å². The van der Waals surface area contributed by atoms with Gasteiger partial charge in [-0.1, -0.05) is 6.07 Å². The lowest BCUT2D eigenvalue weighted by molar-refractivity contribution is -0.138. The van der Waals surface area contributed by atoms with Gasteiger partial charge in [-0.3, -0.25) is 28.8 Å². The minimum atomic E-state index is -4.62. The fourth-order valence-electron chi connectivity index (χ4n) is 4.55. The highest BCUT2D eigenvalue weighted by atomic mass is 32.1. The molecular weight excluding hydrogens is 679 g/mol. The molecule has 264 valence electrons. The molecule has 0 bridgehead atoms. The molecule has 5 rings (SSSR count). The van der Waals surface area contributed by atoms with Crippen molar-refractivity contribution in [3.63, 3.8) is 0 Å². The SMILES string of the molecule is CC(N)=NCCCC(N)C(=O)O.CCOC1CC(n2cc(NC(=O)c3csc(-c4cnn(COP(=O)(O)O)c4)n3)c(-c3ccccn3)n2)C1. The van der Waals surface area contributed by atoms with Crippen LogP contribution >= 0.6 is 19.2 Å². The van der Waals surface area contributed by atoms with Gasteiger partial charge in [0.15, 0.2) is 6.73 Å². The lowest BCUT2D eigenvalue weighted by Crippen LogP contribution is -2.33. The highest BCUT2D eigenvalue weighted by Crippen LogP contribution is 2.37. The van der Waals surface area contributed by atoms with Crippen LogP contribution in [0.25, 0.3) is 22.0 Å². The van der Waals surface area contributed by atoms with Gasteiger partial charge in [-0.15, -0.1) is 11.3 Å². The predicted molar refractivity (Wildman–Crippen MR) is 181 cm³/mol. The smallest absolute Gasteiger partial charge is 0.471 e. The van der Waals surface area contributed by atoms with Crippen LogP contribution in [0.2, 0.25) is 0 Å². The molecule has 0 aliphatic heterocycles. The summed E-state index contributed by atoms with van der Waals surface area (Å²) in [7, 11) is -4.62. The molecule has 20 heteroatoms. The van der Waals surface area contributed by atoms with Crippen LogP contribution in [0.15, 0.2) is 53.4 Å². The second-order valence-corrected chi connectivity index (χ2v) is 13.0. The molecule has 0 saturated heterocycles. The van der Waals surface area contributed by atoms with Gasteiger partial charge in [-0.25, -0.2) is 14.2 Å². The van der Waals surface area contributed by atoms with Crippen LogP contribution in [0.4, 0.5) is 5.69 Å². The Balaban J connectivity index is 0.000000386. The van der Waals surface area contributed by atoms with E-state index in [1.54, 1.807) is 18.5 Å². The molecule has 1 amide bonds. The van der Waals surface area contributed by atoms with E-state index < -0.39 is 32.5 Å². The number of nitrogens with one attached hydrogen (secondary N) is 1. The molecule has 0 spiro atoms. The molecule has 1 aliphatic rings. The number of carboxylic acids is 1. The monoisotopic (exact) mass is 718 g/mol. The van der Waals surface area contributed by atoms with Crippen molar-refractivity contribution in [3.8, 4) is 22.0 Å². The normalized spacial score (nSPS) is 16.7. The maximum atomic E-state index is 13.1. The zero-order valence-corrected chi connectivity index (χ0v) is 28.5. The van der Waals surface area contributed by atoms with E-state index in [9.17, 15) is 14.2 Å². The third kappa shape index (κ3) is 11.4. The number of phosphoric ester groups is 1. The Morgan fingerprint density at radius 3 is 2.69 bits per heavy atom. The van der Waals surface area contributed by atoms with E-state index in [1.807, 2.05) is 36.0 Å². The summed E-state index contributed by atoms with van der Waals surface area (Å²) in [5.41, 5.74) is 13.0. The van der Waals surface area contributed by atoms with E-state index >= 15 is 0 Å². The summed E-state index contributed by atoms with van der Waals surface area (Å²) in [4.78, 5) is 53.7. The number of aromatic nitrogens is 6. The van der Waals surface area contributed by atoms with Gasteiger partial charge in [0.2, 0.25) is 0 Å². The molecule has 1 unspecified atom stereocenters. The van der Waals surface area contributed by atoms with E-state index in [1.165, 1.54) is 28.4 Å². The van der Waals surface area contributed by atoms with Gasteiger partial charge in [-0.2, -0.15) is 10.2 Å². The number of amidine groups is 1. The summed E-state index contributed by atoms with van der Waals surface area (Å²) >= 11 is 1.24. The lowest BCUT2D eigenvalue weighted by Gasteiger charge is -2.34. The van der Waals surface area contributed by atoms with Crippen molar-refractivity contribution in [2.75, 3.05) is 18.5 Å². The maximum Gasteiger partial charge on any atom is 0.471 e. The second-order valence-electron chi connectivity index (χ2n) is 10.9. The van der Waals surface area contributed by atoms with E-state index in [-0.39, 0.29) is 17.8 Å². The fourth-order valence-corrected chi connectivity index (χ4v) is 5.60. The number of hydrogen-bond acceptors (Lipinski definition) is 12. The number of amides is 1. The predicted octanol–water partition coefficient (Wildman–Crippen LogP) is 2.88. The first-order valence-electron chi connectivity index (χ1n) is 15.2. The number of anilines is 1. The Morgan fingerprint density at radius 2 is 2.04 bits per heavy atom. The Kier molecular flexibility index (Phi) is 13.3. The maximum absolute atomic E-state index is 13.1. The molecule has 4 aromatic rings. The van der Waals surface area contributed by atoms with E-state index in [0.717, 1.165) is 12.8 Å². The summed E-state index contributed by atoms with van der Waals surface area (Å²) in [6.45, 7) is 4.47. The standard InChI is InChI=1S/C22H24N7O6PS.C7H15N3O2/c1-2-34-16-7-15(8-16)29-11-18(20(27-29)17-5-3-4-6-23-17)25-21(30)19-12-37-22(26-19)14-9-24-28(10-14)13-35-36(31,32)33;1-5(8)10-4-2-3-6(9)7(11)12/h3-6,9-12,15-16H,2,7-8,13H2,1H3,(H,25,30)(H2,31,32,33);6H,2-4,9H2,1H3,(H2,8,10)(H,11,12). The lowest BCUT2D eigenvalue weighted by atomic mass is 9.89. The Labute approximate surface area is 285 Å². The quantitative estimate of drug-likeness (QED) is 0.0447. The van der Waals surface area contributed by atoms with E-state index in [0.29, 0.717) is 59.5 Å². The summed E-state index contributed by atoms with van der Waals surface area (Å²) in [6, 6.07) is 4.91. The highest BCUT2D eigenvalue weighted by molar-refractivity contribution is 7.46. The largest absolute Gasteiger partial charge is 0.480 e. The topological polar surface area (TPSA) is 268 Å². The summed E-state index contributed by atoms with van der Waals surface area (Å²) in [5, 5.41) is 22.2. The van der Waals surface area contributed by atoms with Crippen molar-refractivity contribution in [3.05, 3.63) is 54.1 Å². The number of ether oxygens (including phenoxy) is 1. The van der Waals surface area contributed by atoms with Crippen LogP contribution in [0, 0.1) is 0 Å². The Bertz CT molecular complexity index is 1760. The average molecular weight is 719 g/mol. The molecule has 1 saturated carbocycles. The number of phosphoric acid groups is 1. The molecule has 1 fully saturated rings. The number of carboxylic acid groups (broad SMARTS) is 1. The van der Waals surface area contributed by atoms with Gasteiger partial charge in [-0.05, 0) is 51.7 Å². The van der Waals surface area contributed by atoms with Crippen molar-refractivity contribution in [1.29, 1.82) is 0 Å². The van der Waals surface area contributed by atoms with Crippen molar-refractivity contribution < 1.29 is 38.3 Å². The number of nitrogens with two attached hydrogens (primary N) is 2. The first kappa shape index (κ1) is 37.5. The highest BCUT2D eigenvalue weighted by Gasteiger charge is 2.32. The van der Waals surface area contributed by atoms with Crippen molar-refractivity contribution in [1.82, 2.24) is 29.5 Å². The van der Waals surface area contributed by atoms with Gasteiger partial charge >= 0.3 is 13.8 Å². The van der Waals surface area contributed by atoms with Crippen molar-refractivity contribution >= 4 is 42.6 Å². The number of thiazole rings is 1. The molecule has 0 radical (unpaired) electrons. The first-order valence-corrected chi connectivity index (χ1v) is 17.6. The van der Waals surface area contributed by atoms with Crippen LogP contribution in [0.3, 0.4) is 0 Å².